The van der Waals surface area contributed by atoms with Crippen molar-refractivity contribution in [2.75, 3.05) is 19.8 Å². The van der Waals surface area contributed by atoms with E-state index in [9.17, 15) is 34.1 Å². The second-order valence-electron chi connectivity index (χ2n) is 14.8. The molecule has 0 aliphatic carbocycles. The molecule has 0 amide bonds. The number of phosphoric acid groups is 1. The summed E-state index contributed by atoms with van der Waals surface area (Å²) in [6.45, 7) is 2.39. The van der Waals surface area contributed by atoms with Gasteiger partial charge in [0.1, 0.15) is 12.6 Å². The molecule has 0 fully saturated rings. The van der Waals surface area contributed by atoms with Crippen LogP contribution >= 0.6 is 7.82 Å². The van der Waals surface area contributed by atoms with Crippen LogP contribution in [0.5, 0.6) is 0 Å². The first kappa shape index (κ1) is 58.3. The van der Waals surface area contributed by atoms with Gasteiger partial charge >= 0.3 is 25.7 Å². The smallest absolute Gasteiger partial charge is 0.472 e. The van der Waals surface area contributed by atoms with Gasteiger partial charge in [0, 0.05) is 12.8 Å². The van der Waals surface area contributed by atoms with Crippen molar-refractivity contribution in [3.63, 3.8) is 0 Å². The number of rotatable bonds is 40. The maximum absolute atomic E-state index is 12.6. The van der Waals surface area contributed by atoms with Crippen LogP contribution in [-0.4, -0.2) is 82.3 Å². The first-order chi connectivity index (χ1) is 29.9. The van der Waals surface area contributed by atoms with Gasteiger partial charge in [0.2, 0.25) is 0 Å². The molecule has 0 aliphatic heterocycles. The molecule has 62 heavy (non-hydrogen) atoms. The standard InChI is InChI=1S/C48H78NO12P/c1-3-5-7-8-9-10-11-12-13-14-15-16-17-18-19-23-31-37-46(52)58-39-44(40-59-62(56,57)60-41-45(49)48(54)55)61-47(53)38-32-24-21-20-22-28-34-43(51)36-30-26-25-29-35-42(50)33-27-6-4-2/h6,9-10,12-13,21-22,24-30,35-36,42-45,50-51H,3-5,7-8,11,14-20,23,31-34,37-41,49H2,1-2H3,(H,54,55)(H,56,57)/b10-9-,13-12-,24-21-,26-25-,27-6-,28-22-,35-29+,36-30+/t42-,43+,44+,45-/m0/s1. The molecule has 5 atom stereocenters. The number of allylic oxidation sites excluding steroid dienone is 12. The molecule has 0 radical (unpaired) electrons. The molecule has 14 heteroatoms. The number of carboxylic acids is 1. The van der Waals surface area contributed by atoms with Crippen molar-refractivity contribution in [2.24, 2.45) is 5.73 Å². The number of phosphoric ester groups is 1. The summed E-state index contributed by atoms with van der Waals surface area (Å²) in [6.07, 6.45) is 45.4. The number of hydrogen-bond acceptors (Lipinski definition) is 11. The van der Waals surface area contributed by atoms with Crippen LogP contribution in [0.15, 0.2) is 97.2 Å². The number of carboxylic acid groups (broad SMARTS) is 1. The van der Waals surface area contributed by atoms with Crippen molar-refractivity contribution in [3.05, 3.63) is 97.2 Å². The van der Waals surface area contributed by atoms with Crippen LogP contribution in [0.3, 0.4) is 0 Å². The summed E-state index contributed by atoms with van der Waals surface area (Å²) in [4.78, 5) is 46.0. The van der Waals surface area contributed by atoms with Crippen LogP contribution in [0.1, 0.15) is 142 Å². The predicted molar refractivity (Wildman–Crippen MR) is 247 cm³/mol. The molecule has 0 spiro atoms. The van der Waals surface area contributed by atoms with E-state index in [4.69, 9.17) is 24.8 Å². The molecule has 0 saturated carbocycles. The predicted octanol–water partition coefficient (Wildman–Crippen LogP) is 10.0. The first-order valence-electron chi connectivity index (χ1n) is 22.5. The highest BCUT2D eigenvalue weighted by Gasteiger charge is 2.28. The van der Waals surface area contributed by atoms with Gasteiger partial charge in [0.05, 0.1) is 25.4 Å². The van der Waals surface area contributed by atoms with E-state index in [1.807, 2.05) is 37.3 Å². The van der Waals surface area contributed by atoms with Gasteiger partial charge in [-0.3, -0.25) is 23.4 Å². The zero-order valence-electron chi connectivity index (χ0n) is 37.4. The van der Waals surface area contributed by atoms with Crippen molar-refractivity contribution in [2.45, 2.75) is 167 Å². The number of aliphatic carboxylic acids is 1. The maximum Gasteiger partial charge on any atom is 0.472 e. The Morgan fingerprint density at radius 1 is 0.597 bits per heavy atom. The second-order valence-corrected chi connectivity index (χ2v) is 16.3. The van der Waals surface area contributed by atoms with Crippen molar-refractivity contribution >= 4 is 25.7 Å². The fourth-order valence-corrected chi connectivity index (χ4v) is 6.19. The monoisotopic (exact) mass is 892 g/mol. The Labute approximate surface area is 371 Å². The van der Waals surface area contributed by atoms with E-state index in [-0.39, 0.29) is 12.8 Å². The SMILES string of the molecule is CC/C=C\C[C@H](O)/C=C/C=C\C=C\[C@H](O)C/C=C\C/C=C\CCC(=O)O[C@H](COC(=O)CCCCCCCCC/C=C\C/C=C\CCCCC)COP(=O)(O)OC[C@H](N)C(=O)O. The third kappa shape index (κ3) is 40.4. The number of hydrogen-bond donors (Lipinski definition) is 5. The van der Waals surface area contributed by atoms with E-state index in [0.29, 0.717) is 32.1 Å². The maximum atomic E-state index is 12.6. The van der Waals surface area contributed by atoms with E-state index in [0.717, 1.165) is 51.4 Å². The normalized spacial score (nSPS) is 15.6. The third-order valence-electron chi connectivity index (χ3n) is 9.00. The van der Waals surface area contributed by atoms with E-state index in [1.165, 1.54) is 32.1 Å². The van der Waals surface area contributed by atoms with E-state index >= 15 is 0 Å². The molecule has 0 rings (SSSR count). The lowest BCUT2D eigenvalue weighted by atomic mass is 10.1. The first-order valence-corrected chi connectivity index (χ1v) is 24.0. The van der Waals surface area contributed by atoms with Gasteiger partial charge in [0.25, 0.3) is 0 Å². The number of aliphatic hydroxyl groups is 2. The second kappa shape index (κ2) is 41.3. The zero-order valence-corrected chi connectivity index (χ0v) is 38.3. The lowest BCUT2D eigenvalue weighted by Gasteiger charge is -2.20. The van der Waals surface area contributed by atoms with Crippen LogP contribution in [0.4, 0.5) is 0 Å². The minimum Gasteiger partial charge on any atom is -0.480 e. The van der Waals surface area contributed by atoms with Gasteiger partial charge in [-0.25, -0.2) is 4.57 Å². The average molecular weight is 892 g/mol. The number of nitrogens with two attached hydrogens (primary N) is 1. The summed E-state index contributed by atoms with van der Waals surface area (Å²) in [7, 11) is -4.77. The van der Waals surface area contributed by atoms with Crippen molar-refractivity contribution in [1.82, 2.24) is 0 Å². The average Bonchev–Trinajstić information content (AvgIpc) is 3.24. The summed E-state index contributed by atoms with van der Waals surface area (Å²) >= 11 is 0. The molecule has 0 aromatic heterocycles. The van der Waals surface area contributed by atoms with Crippen molar-refractivity contribution in [1.29, 1.82) is 0 Å². The summed E-state index contributed by atoms with van der Waals surface area (Å²) in [6, 6.07) is -1.56. The summed E-state index contributed by atoms with van der Waals surface area (Å²) in [5.74, 6) is -2.59. The Balaban J connectivity index is 4.61. The highest BCUT2D eigenvalue weighted by molar-refractivity contribution is 7.47. The number of ether oxygens (including phenoxy) is 2. The number of aliphatic hydroxyl groups excluding tert-OH is 2. The fraction of sp³-hybridized carbons (Fsp3) is 0.604. The van der Waals surface area contributed by atoms with Gasteiger partial charge in [-0.15, -0.1) is 0 Å². The van der Waals surface area contributed by atoms with Crippen molar-refractivity contribution < 1.29 is 57.7 Å². The molecule has 352 valence electrons. The third-order valence-corrected chi connectivity index (χ3v) is 9.95. The Morgan fingerprint density at radius 2 is 1.11 bits per heavy atom. The zero-order chi connectivity index (χ0) is 45.9. The largest absolute Gasteiger partial charge is 0.480 e. The summed E-state index contributed by atoms with van der Waals surface area (Å²) in [5.41, 5.74) is 5.32. The highest BCUT2D eigenvalue weighted by atomic mass is 31.2. The Kier molecular flexibility index (Phi) is 38.9. The number of unbranched alkanes of at least 4 members (excludes halogenated alkanes) is 10. The molecule has 0 saturated heterocycles. The fourth-order valence-electron chi connectivity index (χ4n) is 5.41. The molecule has 0 aromatic carbocycles. The Bertz CT molecular complexity index is 1450. The van der Waals surface area contributed by atoms with Gasteiger partial charge in [-0.1, -0.05) is 156 Å². The van der Waals surface area contributed by atoms with E-state index < -0.39 is 69.9 Å². The molecule has 0 aromatic rings. The van der Waals surface area contributed by atoms with E-state index in [2.05, 4.69) is 35.8 Å². The molecule has 1 unspecified atom stereocenters. The molecular weight excluding hydrogens is 813 g/mol. The van der Waals surface area contributed by atoms with Gasteiger partial charge in [-0.2, -0.15) is 0 Å². The van der Waals surface area contributed by atoms with Crippen LogP contribution < -0.4 is 5.73 Å². The minimum atomic E-state index is -4.77. The van der Waals surface area contributed by atoms with Crippen LogP contribution in [0, 0.1) is 0 Å². The summed E-state index contributed by atoms with van der Waals surface area (Å²) in [5, 5.41) is 28.9. The number of carbonyl (C=O) groups excluding carboxylic acids is 2. The highest BCUT2D eigenvalue weighted by Crippen LogP contribution is 2.43. The quantitative estimate of drug-likeness (QED) is 0.0128. The molecular formula is C48H78NO12P. The molecule has 6 N–H and O–H groups in total. The number of esters is 2. The van der Waals surface area contributed by atoms with Gasteiger partial charge in [0.15, 0.2) is 6.10 Å². The Hall–Kier alpha value is -3.68. The van der Waals surface area contributed by atoms with Crippen LogP contribution in [-0.2, 0) is 37.5 Å². The molecule has 0 aliphatic rings. The van der Waals surface area contributed by atoms with Crippen molar-refractivity contribution in [3.8, 4) is 0 Å². The van der Waals surface area contributed by atoms with Crippen LogP contribution in [0.25, 0.3) is 0 Å². The number of carbonyl (C=O) groups is 3. The topological polar surface area (TPSA) is 212 Å². The van der Waals surface area contributed by atoms with Crippen LogP contribution in [0.2, 0.25) is 0 Å². The molecule has 0 bridgehead atoms. The Morgan fingerprint density at radius 3 is 1.69 bits per heavy atom. The lowest BCUT2D eigenvalue weighted by Crippen LogP contribution is -2.34. The van der Waals surface area contributed by atoms with Gasteiger partial charge < -0.3 is 35.4 Å². The van der Waals surface area contributed by atoms with Gasteiger partial charge in [-0.05, 0) is 70.6 Å². The minimum absolute atomic E-state index is 0.0277. The lowest BCUT2D eigenvalue weighted by molar-refractivity contribution is -0.161. The molecule has 0 heterocycles. The molecule has 13 nitrogen and oxygen atoms in total. The van der Waals surface area contributed by atoms with E-state index in [1.54, 1.807) is 42.5 Å². The summed E-state index contributed by atoms with van der Waals surface area (Å²) < 4.78 is 32.6.